The normalized spacial score (nSPS) is 11.7. The second-order valence-electron chi connectivity index (χ2n) is 9.37. The van der Waals surface area contributed by atoms with Crippen LogP contribution in [0, 0.1) is 10.1 Å². The molecule has 0 spiro atoms. The van der Waals surface area contributed by atoms with Gasteiger partial charge in [-0.2, -0.15) is 0 Å². The van der Waals surface area contributed by atoms with Gasteiger partial charge in [-0.05, 0) is 54.8 Å². The summed E-state index contributed by atoms with van der Waals surface area (Å²) in [5.41, 5.74) is 7.49. The van der Waals surface area contributed by atoms with Gasteiger partial charge in [0.25, 0.3) is 5.69 Å². The molecular formula is C30H27ClN4O4S. The number of nitrogens with one attached hydrogen (secondary N) is 1. The molecule has 2 N–H and O–H groups in total. The zero-order chi connectivity index (χ0) is 28.1. The third-order valence-electron chi connectivity index (χ3n) is 6.49. The van der Waals surface area contributed by atoms with E-state index in [1.54, 1.807) is 18.2 Å². The number of unbranched alkanes of at least 4 members (excludes halogenated alkanes) is 3. The van der Waals surface area contributed by atoms with Crippen molar-refractivity contribution in [1.29, 1.82) is 0 Å². The van der Waals surface area contributed by atoms with Crippen LogP contribution in [-0.2, 0) is 6.42 Å². The van der Waals surface area contributed by atoms with Crippen LogP contribution in [0.4, 0.5) is 11.4 Å². The van der Waals surface area contributed by atoms with E-state index in [-0.39, 0.29) is 17.0 Å². The van der Waals surface area contributed by atoms with Crippen LogP contribution in [0.25, 0.3) is 32.8 Å². The lowest BCUT2D eigenvalue weighted by Gasteiger charge is -2.08. The summed E-state index contributed by atoms with van der Waals surface area (Å²) in [6.45, 7) is 2.17. The maximum Gasteiger partial charge on any atom is 0.269 e. The first kappa shape index (κ1) is 27.4. The van der Waals surface area contributed by atoms with Crippen LogP contribution in [0.2, 0.25) is 5.02 Å². The quantitative estimate of drug-likeness (QED) is 0.0981. The predicted molar refractivity (Wildman–Crippen MR) is 160 cm³/mol. The number of benzene rings is 3. The number of hydrogen-bond acceptors (Lipinski definition) is 8. The molecule has 0 aliphatic carbocycles. The molecule has 2 aromatic heterocycles. The number of nitro benzene ring substituents is 1. The Balaban J connectivity index is 1.56. The average Bonchev–Trinajstić information content (AvgIpc) is 3.45. The fourth-order valence-corrected chi connectivity index (χ4v) is 5.28. The number of phenolic OH excluding ortho intramolecular Hbond substituents is 1. The van der Waals surface area contributed by atoms with Gasteiger partial charge >= 0.3 is 0 Å². The first-order chi connectivity index (χ1) is 19.4. The number of fused-ring (bicyclic) bond motifs is 1. The molecule has 0 fully saturated rings. The number of hydrogen-bond donors (Lipinski definition) is 2. The fraction of sp³-hybridized carbons (Fsp3) is 0.200. The maximum atomic E-state index is 11.0. The summed E-state index contributed by atoms with van der Waals surface area (Å²) in [6.07, 6.45) is 5.21. The van der Waals surface area contributed by atoms with Crippen LogP contribution >= 0.6 is 22.9 Å². The minimum atomic E-state index is -0.455. The van der Waals surface area contributed by atoms with Crippen molar-refractivity contribution in [1.82, 2.24) is 4.98 Å². The Bertz CT molecular complexity index is 1710. The largest absolute Gasteiger partial charge is 0.508 e. The Kier molecular flexibility index (Phi) is 8.42. The first-order valence-electron chi connectivity index (χ1n) is 13.0. The van der Waals surface area contributed by atoms with E-state index >= 15 is 0 Å². The molecule has 0 aliphatic rings. The molecule has 0 aliphatic heterocycles. The summed E-state index contributed by atoms with van der Waals surface area (Å²) in [7, 11) is 0. The number of non-ortho nitro benzene ring substituents is 1. The number of aryl methyl sites for hydroxylation is 1. The van der Waals surface area contributed by atoms with Gasteiger partial charge in [-0.1, -0.05) is 49.9 Å². The second-order valence-corrected chi connectivity index (χ2v) is 10.7. The Morgan fingerprint density at radius 1 is 1.07 bits per heavy atom. The lowest BCUT2D eigenvalue weighted by Crippen LogP contribution is -2.09. The van der Waals surface area contributed by atoms with Crippen LogP contribution in [0.1, 0.15) is 38.2 Å². The van der Waals surface area contributed by atoms with Gasteiger partial charge < -0.3 is 9.52 Å². The SMILES string of the molecule is CCCCCCc1cc2cc(-c3nc(-c4ccc(Cl)cc4)cs3)/c(=N/Nc3ccc([N+](=O)[O-])cc3)oc2cc1O. The third-order valence-corrected chi connectivity index (χ3v) is 7.61. The van der Waals surface area contributed by atoms with Crippen molar-refractivity contribution in [3.05, 3.63) is 98.4 Å². The smallest absolute Gasteiger partial charge is 0.269 e. The topological polar surface area (TPSA) is 114 Å². The number of rotatable bonds is 10. The zero-order valence-electron chi connectivity index (χ0n) is 21.8. The van der Waals surface area contributed by atoms with Crippen molar-refractivity contribution < 1.29 is 14.4 Å². The summed E-state index contributed by atoms with van der Waals surface area (Å²) in [4.78, 5) is 15.4. The van der Waals surface area contributed by atoms with Crippen LogP contribution in [0.3, 0.4) is 0 Å². The molecule has 40 heavy (non-hydrogen) atoms. The van der Waals surface area contributed by atoms with Crippen molar-refractivity contribution in [2.24, 2.45) is 5.10 Å². The average molecular weight is 575 g/mol. The molecule has 0 atom stereocenters. The van der Waals surface area contributed by atoms with E-state index in [0.29, 0.717) is 26.9 Å². The molecule has 5 aromatic rings. The van der Waals surface area contributed by atoms with Gasteiger partial charge in [-0.25, -0.2) is 4.98 Å². The number of aromatic nitrogens is 1. The van der Waals surface area contributed by atoms with Crippen molar-refractivity contribution in [2.45, 2.75) is 39.0 Å². The molecule has 0 amide bonds. The van der Waals surface area contributed by atoms with Gasteiger partial charge in [-0.15, -0.1) is 16.4 Å². The van der Waals surface area contributed by atoms with Gasteiger partial charge in [0.2, 0.25) is 5.55 Å². The van der Waals surface area contributed by atoms with Crippen molar-refractivity contribution in [3.63, 3.8) is 0 Å². The third kappa shape index (κ3) is 6.32. The highest BCUT2D eigenvalue weighted by atomic mass is 35.5. The highest BCUT2D eigenvalue weighted by Gasteiger charge is 2.14. The molecule has 0 bridgehead atoms. The van der Waals surface area contributed by atoms with E-state index in [1.165, 1.54) is 29.9 Å². The summed E-state index contributed by atoms with van der Waals surface area (Å²) in [5.74, 6) is 0.189. The van der Waals surface area contributed by atoms with E-state index in [0.717, 1.165) is 47.9 Å². The minimum Gasteiger partial charge on any atom is -0.508 e. The van der Waals surface area contributed by atoms with Gasteiger partial charge in [0.15, 0.2) is 0 Å². The molecule has 5 rings (SSSR count). The fourth-order valence-electron chi connectivity index (χ4n) is 4.31. The van der Waals surface area contributed by atoms with E-state index in [2.05, 4.69) is 17.5 Å². The Morgan fingerprint density at radius 2 is 1.85 bits per heavy atom. The summed E-state index contributed by atoms with van der Waals surface area (Å²) >= 11 is 7.52. The minimum absolute atomic E-state index is 0.0138. The number of aromatic hydroxyl groups is 1. The summed E-state index contributed by atoms with van der Waals surface area (Å²) in [5, 5.41) is 30.3. The van der Waals surface area contributed by atoms with Crippen LogP contribution in [-0.4, -0.2) is 15.0 Å². The van der Waals surface area contributed by atoms with Crippen molar-refractivity contribution in [2.75, 3.05) is 5.43 Å². The number of phenols is 1. The van der Waals surface area contributed by atoms with Crippen molar-refractivity contribution >= 4 is 45.3 Å². The zero-order valence-corrected chi connectivity index (χ0v) is 23.3. The van der Waals surface area contributed by atoms with Gasteiger partial charge in [0, 0.05) is 39.6 Å². The highest BCUT2D eigenvalue weighted by molar-refractivity contribution is 7.13. The molecule has 0 saturated carbocycles. The van der Waals surface area contributed by atoms with Gasteiger partial charge in [0.1, 0.15) is 16.3 Å². The Hall–Kier alpha value is -4.21. The lowest BCUT2D eigenvalue weighted by molar-refractivity contribution is -0.384. The molecule has 8 nitrogen and oxygen atoms in total. The Labute approximate surface area is 239 Å². The van der Waals surface area contributed by atoms with Crippen LogP contribution < -0.4 is 11.0 Å². The predicted octanol–water partition coefficient (Wildman–Crippen LogP) is 8.54. The van der Waals surface area contributed by atoms with Crippen molar-refractivity contribution in [3.8, 4) is 27.6 Å². The Morgan fingerprint density at radius 3 is 2.58 bits per heavy atom. The molecule has 204 valence electrons. The second kappa shape index (κ2) is 12.3. The van der Waals surface area contributed by atoms with E-state index in [4.69, 9.17) is 21.0 Å². The van der Waals surface area contributed by atoms with E-state index in [1.807, 2.05) is 41.8 Å². The number of nitro groups is 1. The molecule has 10 heteroatoms. The molecule has 3 aromatic carbocycles. The molecule has 0 unspecified atom stereocenters. The molecule has 0 radical (unpaired) electrons. The number of halogens is 1. The number of nitrogens with zero attached hydrogens (tertiary/aromatic N) is 3. The molecule has 2 heterocycles. The molecular weight excluding hydrogens is 548 g/mol. The monoisotopic (exact) mass is 574 g/mol. The van der Waals surface area contributed by atoms with E-state index < -0.39 is 4.92 Å². The summed E-state index contributed by atoms with van der Waals surface area (Å²) < 4.78 is 6.19. The van der Waals surface area contributed by atoms with Gasteiger partial charge in [-0.3, -0.25) is 15.5 Å². The van der Waals surface area contributed by atoms with Gasteiger partial charge in [0.05, 0.1) is 21.9 Å². The van der Waals surface area contributed by atoms with Crippen LogP contribution in [0.15, 0.2) is 81.6 Å². The standard InChI is InChI=1S/C30H27ClN4O4S/c1-2-3-4-5-6-20-15-21-16-25(30-32-26(18-40-30)19-7-9-22(31)10-8-19)29(39-28(21)17-27(20)36)34-33-23-11-13-24(14-12-23)35(37)38/h7-18,33,36H,2-6H2,1H3/b34-29-. The maximum absolute atomic E-state index is 11.0. The lowest BCUT2D eigenvalue weighted by atomic mass is 10.0. The first-order valence-corrected chi connectivity index (χ1v) is 14.2. The van der Waals surface area contributed by atoms with E-state index in [9.17, 15) is 15.2 Å². The number of thiazole rings is 1. The summed E-state index contributed by atoms with van der Waals surface area (Å²) in [6, 6.07) is 19.0. The highest BCUT2D eigenvalue weighted by Crippen LogP contribution is 2.32. The number of anilines is 1. The molecule has 0 saturated heterocycles. The van der Waals surface area contributed by atoms with Crippen LogP contribution in [0.5, 0.6) is 5.75 Å².